The number of fused-ring (bicyclic) bond motifs is 1. The fraction of sp³-hybridized carbons (Fsp3) is 0.524. The molecule has 2 heterocycles. The van der Waals surface area contributed by atoms with Crippen LogP contribution in [0.1, 0.15) is 44.1 Å². The van der Waals surface area contributed by atoms with Crippen LogP contribution in [0.2, 0.25) is 0 Å². The SMILES string of the molecule is COc1ccc2cc(C(=O)NCC3CCN(C(=O)NC(C)(C)C)CC3)[nH]c2c1. The zero-order valence-electron chi connectivity index (χ0n) is 17.1. The van der Waals surface area contributed by atoms with Gasteiger partial charge in [0.2, 0.25) is 0 Å². The van der Waals surface area contributed by atoms with E-state index in [1.807, 2.05) is 49.9 Å². The maximum absolute atomic E-state index is 12.5. The van der Waals surface area contributed by atoms with Crippen LogP contribution in [0.3, 0.4) is 0 Å². The lowest BCUT2D eigenvalue weighted by atomic mass is 9.97. The number of hydrogen-bond donors (Lipinski definition) is 3. The molecule has 1 fully saturated rings. The number of carbonyl (C=O) groups excluding carboxylic acids is 2. The highest BCUT2D eigenvalue weighted by molar-refractivity contribution is 5.98. The number of benzene rings is 1. The van der Waals surface area contributed by atoms with E-state index in [0.717, 1.165) is 29.5 Å². The van der Waals surface area contributed by atoms with Crippen molar-refractivity contribution in [1.82, 2.24) is 20.5 Å². The summed E-state index contributed by atoms with van der Waals surface area (Å²) in [4.78, 5) is 29.7. The van der Waals surface area contributed by atoms with Crippen molar-refractivity contribution >= 4 is 22.8 Å². The highest BCUT2D eigenvalue weighted by atomic mass is 16.5. The third-order valence-corrected chi connectivity index (χ3v) is 5.01. The molecule has 3 amide bonds. The molecule has 28 heavy (non-hydrogen) atoms. The first-order valence-electron chi connectivity index (χ1n) is 9.77. The number of nitrogens with one attached hydrogen (secondary N) is 3. The minimum atomic E-state index is -0.231. The lowest BCUT2D eigenvalue weighted by Gasteiger charge is -2.34. The number of likely N-dealkylation sites (tertiary alicyclic amines) is 1. The highest BCUT2D eigenvalue weighted by Gasteiger charge is 2.25. The van der Waals surface area contributed by atoms with E-state index >= 15 is 0 Å². The van der Waals surface area contributed by atoms with Crippen LogP contribution in [0.4, 0.5) is 4.79 Å². The van der Waals surface area contributed by atoms with Crippen LogP contribution in [0.5, 0.6) is 5.75 Å². The summed E-state index contributed by atoms with van der Waals surface area (Å²) < 4.78 is 5.22. The van der Waals surface area contributed by atoms with Gasteiger partial charge in [0.1, 0.15) is 11.4 Å². The first-order chi connectivity index (χ1) is 13.2. The fourth-order valence-electron chi connectivity index (χ4n) is 3.43. The molecule has 2 aromatic rings. The number of aromatic nitrogens is 1. The van der Waals surface area contributed by atoms with Gasteiger partial charge in [-0.3, -0.25) is 4.79 Å². The fourth-order valence-corrected chi connectivity index (χ4v) is 3.43. The van der Waals surface area contributed by atoms with Gasteiger partial charge in [0, 0.05) is 42.1 Å². The summed E-state index contributed by atoms with van der Waals surface area (Å²) in [5.41, 5.74) is 1.19. The smallest absolute Gasteiger partial charge is 0.317 e. The molecule has 7 heteroatoms. The third-order valence-electron chi connectivity index (χ3n) is 5.01. The maximum Gasteiger partial charge on any atom is 0.317 e. The van der Waals surface area contributed by atoms with Crippen molar-refractivity contribution < 1.29 is 14.3 Å². The lowest BCUT2D eigenvalue weighted by molar-refractivity contribution is 0.0933. The number of carbonyl (C=O) groups is 2. The molecule has 0 saturated carbocycles. The molecule has 0 spiro atoms. The van der Waals surface area contributed by atoms with Gasteiger partial charge in [0.05, 0.1) is 7.11 Å². The highest BCUT2D eigenvalue weighted by Crippen LogP contribution is 2.22. The molecule has 1 aliphatic rings. The summed E-state index contributed by atoms with van der Waals surface area (Å²) in [5, 5.41) is 7.00. The Hall–Kier alpha value is -2.70. The molecule has 3 rings (SSSR count). The standard InChI is InChI=1S/C21H30N4O3/c1-21(2,3)24-20(27)25-9-7-14(8-10-25)13-22-19(26)18-11-15-5-6-16(28-4)12-17(15)23-18/h5-6,11-12,14,23H,7-10,13H2,1-4H3,(H,22,26)(H,24,27). The van der Waals surface area contributed by atoms with Gasteiger partial charge in [-0.2, -0.15) is 0 Å². The topological polar surface area (TPSA) is 86.5 Å². The number of ether oxygens (including phenoxy) is 1. The first kappa shape index (κ1) is 20.0. The number of H-pyrrole nitrogens is 1. The summed E-state index contributed by atoms with van der Waals surface area (Å²) in [5.74, 6) is 1.03. The monoisotopic (exact) mass is 386 g/mol. The number of nitrogens with zero attached hydrogens (tertiary/aromatic N) is 1. The van der Waals surface area contributed by atoms with Gasteiger partial charge in [0.25, 0.3) is 5.91 Å². The average Bonchev–Trinajstić information content (AvgIpc) is 3.08. The molecule has 1 saturated heterocycles. The van der Waals surface area contributed by atoms with E-state index in [0.29, 0.717) is 31.2 Å². The van der Waals surface area contributed by atoms with Crippen LogP contribution in [0, 0.1) is 5.92 Å². The molecule has 1 aliphatic heterocycles. The number of hydrogen-bond acceptors (Lipinski definition) is 3. The molecule has 0 radical (unpaired) electrons. The van der Waals surface area contributed by atoms with Gasteiger partial charge in [0.15, 0.2) is 0 Å². The van der Waals surface area contributed by atoms with Gasteiger partial charge in [-0.25, -0.2) is 4.79 Å². The minimum absolute atomic E-state index is 0.0107. The van der Waals surface area contributed by atoms with Crippen LogP contribution in [-0.4, -0.2) is 54.1 Å². The minimum Gasteiger partial charge on any atom is -0.497 e. The van der Waals surface area contributed by atoms with Crippen LogP contribution in [0.25, 0.3) is 10.9 Å². The maximum atomic E-state index is 12.5. The molecule has 0 unspecified atom stereocenters. The van der Waals surface area contributed by atoms with E-state index in [4.69, 9.17) is 4.74 Å². The summed E-state index contributed by atoms with van der Waals surface area (Å²) in [7, 11) is 1.62. The molecule has 152 valence electrons. The van der Waals surface area contributed by atoms with Crippen LogP contribution in [-0.2, 0) is 0 Å². The lowest BCUT2D eigenvalue weighted by Crippen LogP contribution is -2.51. The quantitative estimate of drug-likeness (QED) is 0.755. The van der Waals surface area contributed by atoms with Crippen LogP contribution >= 0.6 is 0 Å². The van der Waals surface area contributed by atoms with Crippen LogP contribution in [0.15, 0.2) is 24.3 Å². The molecule has 1 aromatic heterocycles. The number of methoxy groups -OCH3 is 1. The van der Waals surface area contributed by atoms with E-state index < -0.39 is 0 Å². The summed E-state index contributed by atoms with van der Waals surface area (Å²) in [6.45, 7) is 7.99. The molecule has 1 aromatic carbocycles. The van der Waals surface area contributed by atoms with Gasteiger partial charge in [-0.05, 0) is 57.7 Å². The largest absolute Gasteiger partial charge is 0.497 e. The zero-order chi connectivity index (χ0) is 20.3. The normalized spacial score (nSPS) is 15.5. The number of piperidine rings is 1. The van der Waals surface area contributed by atoms with E-state index in [1.165, 1.54) is 0 Å². The van der Waals surface area contributed by atoms with Crippen molar-refractivity contribution in [1.29, 1.82) is 0 Å². The Morgan fingerprint density at radius 2 is 1.93 bits per heavy atom. The Balaban J connectivity index is 1.49. The number of urea groups is 1. The predicted octanol–water partition coefficient (Wildman–Crippen LogP) is 3.13. The Morgan fingerprint density at radius 3 is 2.57 bits per heavy atom. The van der Waals surface area contributed by atoms with Gasteiger partial charge < -0.3 is 25.3 Å². The second-order valence-electron chi connectivity index (χ2n) is 8.46. The molecular formula is C21H30N4O3. The Kier molecular flexibility index (Phi) is 5.82. The van der Waals surface area contributed by atoms with E-state index in [9.17, 15) is 9.59 Å². The molecule has 7 nitrogen and oxygen atoms in total. The summed E-state index contributed by atoms with van der Waals surface area (Å²) in [6, 6.07) is 7.53. The summed E-state index contributed by atoms with van der Waals surface area (Å²) >= 11 is 0. The van der Waals surface area contributed by atoms with Crippen molar-refractivity contribution in [3.8, 4) is 5.75 Å². The summed E-state index contributed by atoms with van der Waals surface area (Å²) in [6.07, 6.45) is 1.78. The van der Waals surface area contributed by atoms with Gasteiger partial charge >= 0.3 is 6.03 Å². The molecule has 0 bridgehead atoms. The van der Waals surface area contributed by atoms with E-state index in [2.05, 4.69) is 15.6 Å². The Labute approximate surface area is 165 Å². The zero-order valence-corrected chi connectivity index (χ0v) is 17.1. The van der Waals surface area contributed by atoms with Crippen molar-refractivity contribution in [3.63, 3.8) is 0 Å². The predicted molar refractivity (Wildman–Crippen MR) is 110 cm³/mol. The van der Waals surface area contributed by atoms with Gasteiger partial charge in [-0.1, -0.05) is 0 Å². The second-order valence-corrected chi connectivity index (χ2v) is 8.46. The Bertz CT molecular complexity index is 845. The third kappa shape index (κ3) is 4.97. The number of amides is 3. The van der Waals surface area contributed by atoms with E-state index in [1.54, 1.807) is 7.11 Å². The number of rotatable bonds is 4. The van der Waals surface area contributed by atoms with Crippen molar-refractivity contribution in [3.05, 3.63) is 30.0 Å². The molecule has 0 atom stereocenters. The first-order valence-corrected chi connectivity index (χ1v) is 9.77. The number of aromatic amines is 1. The molecular weight excluding hydrogens is 356 g/mol. The molecule has 3 N–H and O–H groups in total. The van der Waals surface area contributed by atoms with Crippen molar-refractivity contribution in [2.45, 2.75) is 39.2 Å². The van der Waals surface area contributed by atoms with Gasteiger partial charge in [-0.15, -0.1) is 0 Å². The average molecular weight is 386 g/mol. The Morgan fingerprint density at radius 1 is 1.21 bits per heavy atom. The van der Waals surface area contributed by atoms with Crippen molar-refractivity contribution in [2.75, 3.05) is 26.7 Å². The van der Waals surface area contributed by atoms with Crippen LogP contribution < -0.4 is 15.4 Å². The van der Waals surface area contributed by atoms with Crippen molar-refractivity contribution in [2.24, 2.45) is 5.92 Å². The van der Waals surface area contributed by atoms with E-state index in [-0.39, 0.29) is 17.5 Å². The second kappa shape index (κ2) is 8.12. The molecule has 0 aliphatic carbocycles.